The molecule has 3 aromatic carbocycles. The van der Waals surface area contributed by atoms with Crippen molar-refractivity contribution in [2.45, 2.75) is 13.2 Å². The van der Waals surface area contributed by atoms with E-state index in [0.717, 1.165) is 0 Å². The van der Waals surface area contributed by atoms with E-state index < -0.39 is 12.2 Å². The van der Waals surface area contributed by atoms with Crippen molar-refractivity contribution < 1.29 is 24.1 Å². The Hall–Kier alpha value is -4.00. The summed E-state index contributed by atoms with van der Waals surface area (Å²) in [7, 11) is 0. The minimum Gasteiger partial charge on any atom is -0.504 e. The van der Waals surface area contributed by atoms with E-state index in [2.05, 4.69) is 10.5 Å². The number of aromatic hydroxyl groups is 1. The Bertz CT molecular complexity index is 936. The van der Waals surface area contributed by atoms with Crippen LogP contribution < -0.4 is 19.6 Å². The molecule has 0 heterocycles. The van der Waals surface area contributed by atoms with E-state index >= 15 is 0 Å². The zero-order valence-corrected chi connectivity index (χ0v) is 16.4. The second kappa shape index (κ2) is 10.5. The monoisotopic (exact) mass is 406 g/mol. The van der Waals surface area contributed by atoms with E-state index in [9.17, 15) is 9.90 Å². The van der Waals surface area contributed by atoms with Crippen LogP contribution >= 0.6 is 0 Å². The fraction of sp³-hybridized carbons (Fsp3) is 0.130. The number of phenolic OH excluding ortho intramolecular Hbond substituents is 1. The third-order valence-electron chi connectivity index (χ3n) is 3.86. The van der Waals surface area contributed by atoms with Gasteiger partial charge in [-0.25, -0.2) is 5.43 Å². The first-order valence-electron chi connectivity index (χ1n) is 9.38. The molecule has 154 valence electrons. The molecule has 3 aromatic rings. The van der Waals surface area contributed by atoms with Crippen LogP contribution in [-0.2, 0) is 4.79 Å². The summed E-state index contributed by atoms with van der Waals surface area (Å²) in [6.45, 7) is 2.24. The summed E-state index contributed by atoms with van der Waals surface area (Å²) in [6, 6.07) is 22.5. The van der Waals surface area contributed by atoms with Crippen LogP contribution in [0.4, 0.5) is 0 Å². The van der Waals surface area contributed by atoms with Crippen molar-refractivity contribution in [3.05, 3.63) is 84.4 Å². The molecule has 7 heteroatoms. The Balaban J connectivity index is 1.69. The lowest BCUT2D eigenvalue weighted by Gasteiger charge is -2.18. The van der Waals surface area contributed by atoms with Gasteiger partial charge < -0.3 is 19.3 Å². The molecule has 0 aliphatic carbocycles. The molecule has 1 amide bonds. The number of nitrogens with one attached hydrogen (secondary N) is 1. The van der Waals surface area contributed by atoms with Crippen LogP contribution in [-0.4, -0.2) is 30.1 Å². The third-order valence-corrected chi connectivity index (χ3v) is 3.86. The number of ether oxygens (including phenoxy) is 3. The van der Waals surface area contributed by atoms with Gasteiger partial charge in [-0.15, -0.1) is 0 Å². The summed E-state index contributed by atoms with van der Waals surface area (Å²) in [5.41, 5.74) is 3.05. The van der Waals surface area contributed by atoms with Crippen molar-refractivity contribution in [3.8, 4) is 23.0 Å². The predicted octanol–water partition coefficient (Wildman–Crippen LogP) is 3.73. The fourth-order valence-electron chi connectivity index (χ4n) is 2.48. The van der Waals surface area contributed by atoms with Gasteiger partial charge in [-0.3, -0.25) is 4.79 Å². The molecule has 0 fully saturated rings. The second-order valence-corrected chi connectivity index (χ2v) is 6.09. The molecule has 0 spiro atoms. The molecule has 0 unspecified atom stereocenters. The molecule has 0 saturated carbocycles. The van der Waals surface area contributed by atoms with Crippen LogP contribution in [0.15, 0.2) is 84.0 Å². The molecular weight excluding hydrogens is 384 g/mol. The normalized spacial score (nSPS) is 10.7. The molecule has 7 nitrogen and oxygen atoms in total. The van der Waals surface area contributed by atoms with Gasteiger partial charge in [0.05, 0.1) is 12.8 Å². The Morgan fingerprint density at radius 3 is 2.17 bits per heavy atom. The summed E-state index contributed by atoms with van der Waals surface area (Å²) in [4.78, 5) is 12.6. The number of rotatable bonds is 9. The molecule has 0 radical (unpaired) electrons. The summed E-state index contributed by atoms with van der Waals surface area (Å²) in [5.74, 6) is 0.758. The first kappa shape index (κ1) is 20.7. The lowest BCUT2D eigenvalue weighted by molar-refractivity contribution is -0.140. The predicted molar refractivity (Wildman–Crippen MR) is 113 cm³/mol. The van der Waals surface area contributed by atoms with E-state index in [1.165, 1.54) is 12.3 Å². The largest absolute Gasteiger partial charge is 0.504 e. The molecule has 0 atom stereocenters. The van der Waals surface area contributed by atoms with Gasteiger partial charge in [-0.05, 0) is 55.0 Å². The van der Waals surface area contributed by atoms with Crippen LogP contribution in [0, 0.1) is 0 Å². The molecule has 3 rings (SSSR count). The molecule has 0 bridgehead atoms. The Morgan fingerprint density at radius 2 is 1.60 bits per heavy atom. The molecular formula is C23H22N2O5. The zero-order chi connectivity index (χ0) is 21.2. The van der Waals surface area contributed by atoms with E-state index in [0.29, 0.717) is 29.4 Å². The topological polar surface area (TPSA) is 89.4 Å². The number of phenols is 1. The lowest BCUT2D eigenvalue weighted by atomic mass is 10.2. The van der Waals surface area contributed by atoms with Gasteiger partial charge in [-0.2, -0.15) is 5.10 Å². The number of hydrazone groups is 1. The number of benzene rings is 3. The summed E-state index contributed by atoms with van der Waals surface area (Å²) in [6.07, 6.45) is 0.188. The van der Waals surface area contributed by atoms with Gasteiger partial charge in [-0.1, -0.05) is 36.4 Å². The highest BCUT2D eigenvalue weighted by Gasteiger charge is 2.22. The molecule has 0 aliphatic rings. The maximum Gasteiger partial charge on any atom is 0.323 e. The number of para-hydroxylation sites is 2. The highest BCUT2D eigenvalue weighted by atomic mass is 16.7. The SMILES string of the molecule is CCOc1cc(C=NNC(=O)C(Oc2ccccc2)Oc2ccccc2)ccc1O. The number of hydrogen-bond donors (Lipinski definition) is 2. The molecule has 2 N–H and O–H groups in total. The lowest BCUT2D eigenvalue weighted by Crippen LogP contribution is -2.40. The van der Waals surface area contributed by atoms with Gasteiger partial charge in [0.2, 0.25) is 0 Å². The molecule has 0 aliphatic heterocycles. The fourth-order valence-corrected chi connectivity index (χ4v) is 2.48. The van der Waals surface area contributed by atoms with Crippen LogP contribution in [0.3, 0.4) is 0 Å². The van der Waals surface area contributed by atoms with Gasteiger partial charge in [0.15, 0.2) is 11.5 Å². The molecule has 30 heavy (non-hydrogen) atoms. The summed E-state index contributed by atoms with van der Waals surface area (Å²) in [5, 5.41) is 13.7. The van der Waals surface area contributed by atoms with Crippen molar-refractivity contribution >= 4 is 12.1 Å². The van der Waals surface area contributed by atoms with Crippen molar-refractivity contribution in [2.24, 2.45) is 5.10 Å². The maximum absolute atomic E-state index is 12.6. The number of amides is 1. The maximum atomic E-state index is 12.6. The molecule has 0 aromatic heterocycles. The van der Waals surface area contributed by atoms with Crippen LogP contribution in [0.2, 0.25) is 0 Å². The standard InChI is InChI=1S/C23H22N2O5/c1-2-28-21-15-17(13-14-20(21)26)16-24-25-22(27)23(29-18-9-5-3-6-10-18)30-19-11-7-4-8-12-19/h3-16,23,26H,2H2,1H3,(H,25,27). The highest BCUT2D eigenvalue weighted by Crippen LogP contribution is 2.26. The van der Waals surface area contributed by atoms with Gasteiger partial charge in [0, 0.05) is 0 Å². The highest BCUT2D eigenvalue weighted by molar-refractivity contribution is 5.84. The van der Waals surface area contributed by atoms with E-state index in [-0.39, 0.29) is 5.75 Å². The van der Waals surface area contributed by atoms with Crippen molar-refractivity contribution in [1.29, 1.82) is 0 Å². The van der Waals surface area contributed by atoms with Crippen LogP contribution in [0.1, 0.15) is 12.5 Å². The van der Waals surface area contributed by atoms with E-state index in [1.54, 1.807) is 60.7 Å². The smallest absolute Gasteiger partial charge is 0.323 e. The van der Waals surface area contributed by atoms with Gasteiger partial charge in [0.1, 0.15) is 11.5 Å². The number of carbonyl (C=O) groups excluding carboxylic acids is 1. The van der Waals surface area contributed by atoms with Crippen LogP contribution in [0.25, 0.3) is 0 Å². The Kier molecular flexibility index (Phi) is 7.27. The molecule has 0 saturated heterocycles. The van der Waals surface area contributed by atoms with Crippen molar-refractivity contribution in [3.63, 3.8) is 0 Å². The van der Waals surface area contributed by atoms with E-state index in [4.69, 9.17) is 14.2 Å². The summed E-state index contributed by atoms with van der Waals surface area (Å²) >= 11 is 0. The number of nitrogens with zero attached hydrogens (tertiary/aromatic N) is 1. The summed E-state index contributed by atoms with van der Waals surface area (Å²) < 4.78 is 16.7. The first-order valence-corrected chi connectivity index (χ1v) is 9.38. The average molecular weight is 406 g/mol. The minimum atomic E-state index is -1.24. The van der Waals surface area contributed by atoms with Gasteiger partial charge in [0.25, 0.3) is 0 Å². The van der Waals surface area contributed by atoms with Crippen molar-refractivity contribution in [1.82, 2.24) is 5.43 Å². The van der Waals surface area contributed by atoms with Crippen LogP contribution in [0.5, 0.6) is 23.0 Å². The Morgan fingerprint density at radius 1 is 1.00 bits per heavy atom. The number of carbonyl (C=O) groups is 1. The number of hydrogen-bond acceptors (Lipinski definition) is 6. The first-order chi connectivity index (χ1) is 14.7. The second-order valence-electron chi connectivity index (χ2n) is 6.09. The Labute approximate surface area is 174 Å². The van der Waals surface area contributed by atoms with E-state index in [1.807, 2.05) is 19.1 Å². The minimum absolute atomic E-state index is 0.0330. The van der Waals surface area contributed by atoms with Gasteiger partial charge >= 0.3 is 12.2 Å². The zero-order valence-electron chi connectivity index (χ0n) is 16.4. The third kappa shape index (κ3) is 6.00. The van der Waals surface area contributed by atoms with Crippen molar-refractivity contribution in [2.75, 3.05) is 6.61 Å². The quantitative estimate of drug-likeness (QED) is 0.321. The average Bonchev–Trinajstić information content (AvgIpc) is 2.77.